The molecular formula is C17H26NO2+. The highest BCUT2D eigenvalue weighted by Gasteiger charge is 2.33. The lowest BCUT2D eigenvalue weighted by Crippen LogP contribution is -3.13. The van der Waals surface area contributed by atoms with E-state index in [1.54, 1.807) is 4.90 Å². The molecule has 2 heterocycles. The number of piperidine rings is 1. The lowest BCUT2D eigenvalue weighted by Gasteiger charge is -2.25. The van der Waals surface area contributed by atoms with Gasteiger partial charge < -0.3 is 14.4 Å². The third kappa shape index (κ3) is 3.40. The molecule has 20 heavy (non-hydrogen) atoms. The van der Waals surface area contributed by atoms with Crippen molar-refractivity contribution in [2.24, 2.45) is 0 Å². The van der Waals surface area contributed by atoms with Crippen LogP contribution in [0, 0.1) is 0 Å². The monoisotopic (exact) mass is 276 g/mol. The van der Waals surface area contributed by atoms with E-state index in [1.807, 2.05) is 0 Å². The molecule has 0 saturated carbocycles. The maximum atomic E-state index is 6.14. The molecule has 2 saturated heterocycles. The van der Waals surface area contributed by atoms with Crippen molar-refractivity contribution in [1.29, 1.82) is 0 Å². The van der Waals surface area contributed by atoms with Gasteiger partial charge in [-0.3, -0.25) is 0 Å². The molecule has 1 N–H and O–H groups in total. The van der Waals surface area contributed by atoms with Gasteiger partial charge in [0, 0.05) is 5.92 Å². The first-order valence-corrected chi connectivity index (χ1v) is 7.98. The van der Waals surface area contributed by atoms with Crippen LogP contribution in [0.5, 0.6) is 0 Å². The number of quaternary nitrogens is 1. The van der Waals surface area contributed by atoms with Crippen LogP contribution < -0.4 is 4.90 Å². The Balaban J connectivity index is 1.51. The van der Waals surface area contributed by atoms with Crippen molar-refractivity contribution in [3.8, 4) is 0 Å². The summed E-state index contributed by atoms with van der Waals surface area (Å²) in [5, 5.41) is 0. The first-order valence-electron chi connectivity index (χ1n) is 7.98. The standard InChI is InChI=1S/C17H25NO2/c1-14(15-8-4-2-5-9-15)17-19-13-16(20-17)12-18-10-6-3-7-11-18/h2,4-5,8-9,14,16-17H,3,6-7,10-13H2,1H3/p+1/t14-,16-,17+/m0/s1. The van der Waals surface area contributed by atoms with Crippen LogP contribution in [0.3, 0.4) is 0 Å². The molecule has 0 amide bonds. The van der Waals surface area contributed by atoms with E-state index >= 15 is 0 Å². The van der Waals surface area contributed by atoms with Crippen molar-refractivity contribution in [3.05, 3.63) is 35.9 Å². The fourth-order valence-corrected chi connectivity index (χ4v) is 3.33. The number of hydrogen-bond donors (Lipinski definition) is 1. The minimum atomic E-state index is -0.0772. The van der Waals surface area contributed by atoms with Crippen molar-refractivity contribution < 1.29 is 14.4 Å². The Hall–Kier alpha value is -0.900. The predicted molar refractivity (Wildman–Crippen MR) is 78.9 cm³/mol. The molecule has 3 rings (SSSR count). The first-order chi connectivity index (χ1) is 9.83. The lowest BCUT2D eigenvalue weighted by molar-refractivity contribution is -0.907. The summed E-state index contributed by atoms with van der Waals surface area (Å²) in [6, 6.07) is 10.5. The quantitative estimate of drug-likeness (QED) is 0.903. The second-order valence-corrected chi connectivity index (χ2v) is 6.17. The van der Waals surface area contributed by atoms with Crippen LogP contribution in [0.1, 0.15) is 37.7 Å². The summed E-state index contributed by atoms with van der Waals surface area (Å²) < 4.78 is 12.0. The highest BCUT2D eigenvalue weighted by molar-refractivity contribution is 5.19. The van der Waals surface area contributed by atoms with Gasteiger partial charge in [-0.05, 0) is 24.8 Å². The SMILES string of the molecule is C[C@@H](c1ccccc1)[C@@H]1OC[C@H](C[NH+]2CCCCC2)O1. The average molecular weight is 276 g/mol. The maximum absolute atomic E-state index is 6.14. The molecule has 0 radical (unpaired) electrons. The van der Waals surface area contributed by atoms with Gasteiger partial charge >= 0.3 is 0 Å². The molecule has 110 valence electrons. The Labute approximate surface area is 121 Å². The molecule has 0 aliphatic carbocycles. The van der Waals surface area contributed by atoms with Gasteiger partial charge in [-0.2, -0.15) is 0 Å². The molecule has 2 aliphatic rings. The van der Waals surface area contributed by atoms with Gasteiger partial charge in [-0.15, -0.1) is 0 Å². The summed E-state index contributed by atoms with van der Waals surface area (Å²) in [6.45, 7) is 6.66. The first kappa shape index (κ1) is 14.1. The van der Waals surface area contributed by atoms with Gasteiger partial charge in [0.2, 0.25) is 0 Å². The van der Waals surface area contributed by atoms with Crippen LogP contribution in [0.15, 0.2) is 30.3 Å². The number of hydrogen-bond acceptors (Lipinski definition) is 2. The fraction of sp³-hybridized carbons (Fsp3) is 0.647. The maximum Gasteiger partial charge on any atom is 0.165 e. The Bertz CT molecular complexity index is 403. The third-order valence-electron chi connectivity index (χ3n) is 4.58. The van der Waals surface area contributed by atoms with Gasteiger partial charge in [0.1, 0.15) is 12.6 Å². The molecule has 2 aliphatic heterocycles. The van der Waals surface area contributed by atoms with Gasteiger partial charge in [0.25, 0.3) is 0 Å². The van der Waals surface area contributed by atoms with Crippen LogP contribution in [0.2, 0.25) is 0 Å². The molecule has 3 atom stereocenters. The number of benzene rings is 1. The highest BCUT2D eigenvalue weighted by Crippen LogP contribution is 2.26. The Morgan fingerprint density at radius 2 is 1.90 bits per heavy atom. The van der Waals surface area contributed by atoms with Crippen LogP contribution in [0.25, 0.3) is 0 Å². The van der Waals surface area contributed by atoms with Gasteiger partial charge in [0.05, 0.1) is 19.7 Å². The molecule has 0 unspecified atom stereocenters. The lowest BCUT2D eigenvalue weighted by atomic mass is 10.0. The zero-order valence-corrected chi connectivity index (χ0v) is 12.4. The summed E-state index contributed by atoms with van der Waals surface area (Å²) in [7, 11) is 0. The van der Waals surface area contributed by atoms with Crippen LogP contribution >= 0.6 is 0 Å². The van der Waals surface area contributed by atoms with E-state index in [0.717, 1.165) is 13.2 Å². The zero-order valence-electron chi connectivity index (χ0n) is 12.4. The van der Waals surface area contributed by atoms with E-state index in [1.165, 1.54) is 37.9 Å². The van der Waals surface area contributed by atoms with Crippen molar-refractivity contribution in [1.82, 2.24) is 0 Å². The van der Waals surface area contributed by atoms with Gasteiger partial charge in [-0.25, -0.2) is 0 Å². The number of ether oxygens (including phenoxy) is 2. The topological polar surface area (TPSA) is 22.9 Å². The Morgan fingerprint density at radius 1 is 1.15 bits per heavy atom. The van der Waals surface area contributed by atoms with E-state index in [0.29, 0.717) is 5.92 Å². The number of rotatable bonds is 4. The normalized spacial score (nSPS) is 29.4. The second kappa shape index (κ2) is 6.70. The van der Waals surface area contributed by atoms with Crippen molar-refractivity contribution in [2.75, 3.05) is 26.2 Å². The smallest absolute Gasteiger partial charge is 0.165 e. The molecule has 3 nitrogen and oxygen atoms in total. The Kier molecular flexibility index (Phi) is 4.71. The van der Waals surface area contributed by atoms with E-state index in [9.17, 15) is 0 Å². The second-order valence-electron chi connectivity index (χ2n) is 6.17. The highest BCUT2D eigenvalue weighted by atomic mass is 16.7. The van der Waals surface area contributed by atoms with Crippen molar-refractivity contribution in [3.63, 3.8) is 0 Å². The largest absolute Gasteiger partial charge is 0.349 e. The Morgan fingerprint density at radius 3 is 2.65 bits per heavy atom. The summed E-state index contributed by atoms with van der Waals surface area (Å²) in [5.74, 6) is 0.303. The minimum absolute atomic E-state index is 0.0772. The van der Waals surface area contributed by atoms with Crippen molar-refractivity contribution >= 4 is 0 Å². The van der Waals surface area contributed by atoms with Crippen LogP contribution in [0.4, 0.5) is 0 Å². The summed E-state index contributed by atoms with van der Waals surface area (Å²) >= 11 is 0. The van der Waals surface area contributed by atoms with Gasteiger partial charge in [0.15, 0.2) is 6.29 Å². The van der Waals surface area contributed by atoms with Crippen LogP contribution in [-0.2, 0) is 9.47 Å². The van der Waals surface area contributed by atoms with E-state index in [4.69, 9.17) is 9.47 Å². The predicted octanol–water partition coefficient (Wildman–Crippen LogP) is 1.60. The molecule has 0 spiro atoms. The molecule has 1 aromatic carbocycles. The zero-order chi connectivity index (χ0) is 13.8. The average Bonchev–Trinajstić information content (AvgIpc) is 2.97. The summed E-state index contributed by atoms with van der Waals surface area (Å²) in [6.07, 6.45) is 4.34. The van der Waals surface area contributed by atoms with E-state index < -0.39 is 0 Å². The summed E-state index contributed by atoms with van der Waals surface area (Å²) in [5.41, 5.74) is 1.29. The molecular weight excluding hydrogens is 250 g/mol. The molecule has 1 aromatic rings. The van der Waals surface area contributed by atoms with E-state index in [-0.39, 0.29) is 12.4 Å². The molecule has 2 fully saturated rings. The number of nitrogens with one attached hydrogen (secondary N) is 1. The molecule has 3 heteroatoms. The van der Waals surface area contributed by atoms with E-state index in [2.05, 4.69) is 37.3 Å². The third-order valence-corrected chi connectivity index (χ3v) is 4.58. The minimum Gasteiger partial charge on any atom is -0.349 e. The number of likely N-dealkylation sites (tertiary alicyclic amines) is 1. The summed E-state index contributed by atoms with van der Waals surface area (Å²) in [4.78, 5) is 1.69. The molecule has 0 bridgehead atoms. The fourth-order valence-electron chi connectivity index (χ4n) is 3.33. The van der Waals surface area contributed by atoms with Gasteiger partial charge in [-0.1, -0.05) is 37.3 Å². The molecule has 0 aromatic heterocycles. The van der Waals surface area contributed by atoms with Crippen LogP contribution in [-0.4, -0.2) is 38.6 Å². The van der Waals surface area contributed by atoms with Crippen molar-refractivity contribution in [2.45, 2.75) is 44.5 Å².